The van der Waals surface area contributed by atoms with Gasteiger partial charge in [0.05, 0.1) is 39.2 Å². The summed E-state index contributed by atoms with van der Waals surface area (Å²) in [5.74, 6) is -1.34. The van der Waals surface area contributed by atoms with Gasteiger partial charge in [0.2, 0.25) is 5.91 Å². The molecule has 274 valence electrons. The predicted octanol–water partition coefficient (Wildman–Crippen LogP) is 4.23. The summed E-state index contributed by atoms with van der Waals surface area (Å²) in [6.07, 6.45) is -0.681. The number of anilines is 1. The highest BCUT2D eigenvalue weighted by molar-refractivity contribution is 7.93. The maximum absolute atomic E-state index is 15.6. The van der Waals surface area contributed by atoms with E-state index in [-0.39, 0.29) is 57.1 Å². The van der Waals surface area contributed by atoms with Gasteiger partial charge in [-0.2, -0.15) is 0 Å². The molecular formula is C36H42ClN3O10S. The molecule has 1 unspecified atom stereocenters. The van der Waals surface area contributed by atoms with Crippen LogP contribution in [0.25, 0.3) is 0 Å². The van der Waals surface area contributed by atoms with Crippen LogP contribution in [0.1, 0.15) is 38.3 Å². The summed E-state index contributed by atoms with van der Waals surface area (Å²) in [6.45, 7) is 4.73. The van der Waals surface area contributed by atoms with E-state index in [0.717, 1.165) is 4.31 Å². The first kappa shape index (κ1) is 37.9. The summed E-state index contributed by atoms with van der Waals surface area (Å²) < 4.78 is 58.3. The van der Waals surface area contributed by atoms with E-state index in [2.05, 4.69) is 0 Å². The van der Waals surface area contributed by atoms with Crippen molar-refractivity contribution < 1.29 is 46.5 Å². The number of likely N-dealkylation sites (tertiary alicyclic amines) is 1. The molecule has 15 heteroatoms. The first-order valence-corrected chi connectivity index (χ1v) is 17.9. The zero-order chi connectivity index (χ0) is 37.5. The molecule has 3 aromatic carbocycles. The van der Waals surface area contributed by atoms with Crippen LogP contribution in [-0.4, -0.2) is 102 Å². The molecule has 0 spiro atoms. The van der Waals surface area contributed by atoms with Gasteiger partial charge < -0.3 is 28.6 Å². The zero-order valence-corrected chi connectivity index (χ0v) is 31.3. The number of carbonyl (C=O) groups is 3. The molecule has 3 aromatic rings. The normalized spacial score (nSPS) is 20.6. The standard InChI is InChI=1S/C36H42ClN3O10S/c1-35(2,3)50-32(41)21-49-24-18-28(33(42)38(4)5)39(20-24)36(25-11-9-10-12-29(25)47-7)26-17-22(37)13-15-27(26)40(34(36)43)51(44,45)31-16-14-23(46-6)19-30(31)48-8/h9-17,19,24,28H,18,20-21H2,1-8H3/t24-,28+,36?/m1/s1. The molecule has 0 bridgehead atoms. The van der Waals surface area contributed by atoms with Crippen molar-refractivity contribution in [3.8, 4) is 17.2 Å². The molecule has 0 aromatic heterocycles. The number of fused-ring (bicyclic) bond motifs is 1. The number of amides is 2. The zero-order valence-electron chi connectivity index (χ0n) is 29.8. The van der Waals surface area contributed by atoms with Gasteiger partial charge in [0.25, 0.3) is 15.9 Å². The lowest BCUT2D eigenvalue weighted by molar-refractivity contribution is -0.162. The van der Waals surface area contributed by atoms with Gasteiger partial charge in [-0.1, -0.05) is 29.8 Å². The summed E-state index contributed by atoms with van der Waals surface area (Å²) >= 11 is 6.63. The second-order valence-electron chi connectivity index (χ2n) is 13.3. The lowest BCUT2D eigenvalue weighted by Crippen LogP contribution is -2.59. The number of halogens is 1. The van der Waals surface area contributed by atoms with Crippen LogP contribution in [0.15, 0.2) is 65.6 Å². The lowest BCUT2D eigenvalue weighted by Gasteiger charge is -2.42. The Balaban J connectivity index is 1.76. The third kappa shape index (κ3) is 6.85. The van der Waals surface area contributed by atoms with E-state index in [0.29, 0.717) is 5.75 Å². The molecule has 1 fully saturated rings. The highest BCUT2D eigenvalue weighted by Crippen LogP contribution is 2.55. The van der Waals surface area contributed by atoms with Gasteiger partial charge >= 0.3 is 5.97 Å². The molecule has 1 saturated heterocycles. The number of sulfonamides is 1. The van der Waals surface area contributed by atoms with Crippen LogP contribution in [0.5, 0.6) is 17.2 Å². The first-order valence-electron chi connectivity index (χ1n) is 16.1. The van der Waals surface area contributed by atoms with Crippen molar-refractivity contribution in [2.45, 2.75) is 55.4 Å². The van der Waals surface area contributed by atoms with Gasteiger partial charge in [-0.25, -0.2) is 17.5 Å². The third-order valence-electron chi connectivity index (χ3n) is 8.72. The average Bonchev–Trinajstić information content (AvgIpc) is 3.62. The second kappa shape index (κ2) is 14.3. The fourth-order valence-electron chi connectivity index (χ4n) is 6.69. The number of rotatable bonds is 11. The second-order valence-corrected chi connectivity index (χ2v) is 15.5. The molecule has 13 nitrogen and oxygen atoms in total. The monoisotopic (exact) mass is 743 g/mol. The molecule has 2 heterocycles. The number of hydrogen-bond acceptors (Lipinski definition) is 11. The van der Waals surface area contributed by atoms with Gasteiger partial charge in [-0.15, -0.1) is 0 Å². The highest BCUT2D eigenvalue weighted by atomic mass is 35.5. The third-order valence-corrected chi connectivity index (χ3v) is 10.7. The van der Waals surface area contributed by atoms with Crippen LogP contribution in [0.4, 0.5) is 5.69 Å². The van der Waals surface area contributed by atoms with Gasteiger partial charge in [-0.05, 0) is 63.6 Å². The van der Waals surface area contributed by atoms with Crippen LogP contribution in [0.3, 0.4) is 0 Å². The summed E-state index contributed by atoms with van der Waals surface area (Å²) in [5.41, 5.74) is -2.27. The Labute approximate surface area is 302 Å². The fraction of sp³-hybridized carbons (Fsp3) is 0.417. The topological polar surface area (TPSA) is 141 Å². The van der Waals surface area contributed by atoms with E-state index in [4.69, 9.17) is 35.3 Å². The molecule has 2 aliphatic heterocycles. The Morgan fingerprint density at radius 1 is 0.941 bits per heavy atom. The Bertz CT molecular complexity index is 1950. The van der Waals surface area contributed by atoms with Crippen LogP contribution in [-0.2, 0) is 39.4 Å². The molecule has 3 atom stereocenters. The summed E-state index contributed by atoms with van der Waals surface area (Å²) in [6, 6.07) is 14.3. The Kier molecular flexibility index (Phi) is 10.6. The molecule has 2 aliphatic rings. The molecule has 5 rings (SSSR count). The van der Waals surface area contributed by atoms with Gasteiger partial charge in [0.15, 0.2) is 5.54 Å². The van der Waals surface area contributed by atoms with Crippen molar-refractivity contribution >= 4 is 45.1 Å². The Hall–Kier alpha value is -4.37. The molecule has 0 saturated carbocycles. The summed E-state index contributed by atoms with van der Waals surface area (Å²) in [5, 5.41) is 0.217. The number of benzene rings is 3. The van der Waals surface area contributed by atoms with Crippen molar-refractivity contribution in [2.75, 3.05) is 52.9 Å². The lowest BCUT2D eigenvalue weighted by atomic mass is 9.80. The van der Waals surface area contributed by atoms with E-state index in [1.807, 2.05) is 0 Å². The SMILES string of the molecule is COc1ccc(S(=O)(=O)N2C(=O)C(c3ccccc3OC)(N3C[C@H](OCC(=O)OC(C)(C)C)C[C@H]3C(=O)N(C)C)c3cc(Cl)ccc32)c(OC)c1. The minimum Gasteiger partial charge on any atom is -0.497 e. The fourth-order valence-corrected chi connectivity index (χ4v) is 8.46. The van der Waals surface area contributed by atoms with Crippen molar-refractivity contribution in [1.82, 2.24) is 9.80 Å². The van der Waals surface area contributed by atoms with Crippen molar-refractivity contribution in [3.05, 3.63) is 76.8 Å². The van der Waals surface area contributed by atoms with Crippen molar-refractivity contribution in [1.29, 1.82) is 0 Å². The predicted molar refractivity (Wildman–Crippen MR) is 189 cm³/mol. The molecular weight excluding hydrogens is 702 g/mol. The van der Waals surface area contributed by atoms with Crippen LogP contribution >= 0.6 is 11.6 Å². The quantitative estimate of drug-likeness (QED) is 0.261. The first-order chi connectivity index (χ1) is 24.0. The number of methoxy groups -OCH3 is 3. The number of nitrogens with zero attached hydrogens (tertiary/aromatic N) is 3. The van der Waals surface area contributed by atoms with E-state index in [1.54, 1.807) is 64.0 Å². The number of para-hydroxylation sites is 1. The molecule has 51 heavy (non-hydrogen) atoms. The smallest absolute Gasteiger partial charge is 0.332 e. The van der Waals surface area contributed by atoms with Crippen LogP contribution in [0, 0.1) is 0 Å². The van der Waals surface area contributed by atoms with Crippen molar-refractivity contribution in [3.63, 3.8) is 0 Å². The number of carbonyl (C=O) groups excluding carboxylic acids is 3. The highest BCUT2D eigenvalue weighted by Gasteiger charge is 2.64. The Morgan fingerprint density at radius 2 is 1.63 bits per heavy atom. The minimum atomic E-state index is -4.71. The van der Waals surface area contributed by atoms with E-state index in [9.17, 15) is 18.0 Å². The largest absolute Gasteiger partial charge is 0.497 e. The maximum Gasteiger partial charge on any atom is 0.332 e. The van der Waals surface area contributed by atoms with Gasteiger partial charge in [0.1, 0.15) is 34.4 Å². The number of esters is 1. The van der Waals surface area contributed by atoms with E-state index in [1.165, 1.54) is 62.6 Å². The molecule has 0 radical (unpaired) electrons. The number of ether oxygens (including phenoxy) is 5. The van der Waals surface area contributed by atoms with Gasteiger partial charge in [-0.3, -0.25) is 14.5 Å². The van der Waals surface area contributed by atoms with Crippen LogP contribution < -0.4 is 18.5 Å². The minimum absolute atomic E-state index is 0.0161. The molecule has 0 aliphatic carbocycles. The summed E-state index contributed by atoms with van der Waals surface area (Å²) in [7, 11) is 2.63. The molecule has 0 N–H and O–H groups in total. The van der Waals surface area contributed by atoms with Crippen LogP contribution in [0.2, 0.25) is 5.02 Å². The number of hydrogen-bond donors (Lipinski definition) is 0. The maximum atomic E-state index is 15.6. The average molecular weight is 744 g/mol. The van der Waals surface area contributed by atoms with E-state index < -0.39 is 51.8 Å². The molecule has 2 amide bonds. The van der Waals surface area contributed by atoms with Gasteiger partial charge in [0, 0.05) is 42.9 Å². The number of likely N-dealkylation sites (N-methyl/N-ethyl adjacent to an activating group) is 1. The Morgan fingerprint density at radius 3 is 2.25 bits per heavy atom. The van der Waals surface area contributed by atoms with E-state index >= 15 is 4.79 Å². The van der Waals surface area contributed by atoms with Crippen molar-refractivity contribution in [2.24, 2.45) is 0 Å². The summed E-state index contributed by atoms with van der Waals surface area (Å²) in [4.78, 5) is 45.0.